The Morgan fingerprint density at radius 2 is 1.89 bits per heavy atom. The van der Waals surface area contributed by atoms with Gasteiger partial charge in [-0.15, -0.1) is 10.2 Å². The Bertz CT molecular complexity index is 1090. The van der Waals surface area contributed by atoms with Gasteiger partial charge in [0.1, 0.15) is 11.3 Å². The molecule has 0 bridgehead atoms. The van der Waals surface area contributed by atoms with Crippen molar-refractivity contribution < 1.29 is 9.53 Å². The van der Waals surface area contributed by atoms with E-state index in [0.29, 0.717) is 17.0 Å². The molecule has 10 heteroatoms. The molecular formula is C17H11Cl2N5O2S. The van der Waals surface area contributed by atoms with Gasteiger partial charge >= 0.3 is 0 Å². The summed E-state index contributed by atoms with van der Waals surface area (Å²) in [6.07, 6.45) is 1.55. The molecule has 0 atom stereocenters. The highest BCUT2D eigenvalue weighted by molar-refractivity contribution is 7.19. The summed E-state index contributed by atoms with van der Waals surface area (Å²) in [4.78, 5) is 13.2. The third-order valence-corrected chi connectivity index (χ3v) is 5.26. The van der Waals surface area contributed by atoms with Crippen LogP contribution in [-0.2, 0) is 0 Å². The van der Waals surface area contributed by atoms with E-state index >= 15 is 0 Å². The molecular weight excluding hydrogens is 409 g/mol. The van der Waals surface area contributed by atoms with Crippen LogP contribution in [0, 0.1) is 0 Å². The number of aromatic nitrogens is 4. The minimum atomic E-state index is -0.326. The Morgan fingerprint density at radius 1 is 1.19 bits per heavy atom. The van der Waals surface area contributed by atoms with E-state index in [4.69, 9.17) is 27.9 Å². The van der Waals surface area contributed by atoms with Crippen LogP contribution in [0.1, 0.15) is 10.4 Å². The molecule has 0 unspecified atom stereocenters. The quantitative estimate of drug-likeness (QED) is 0.529. The van der Waals surface area contributed by atoms with Gasteiger partial charge in [0.05, 0.1) is 17.2 Å². The predicted molar refractivity (Wildman–Crippen MR) is 105 cm³/mol. The highest BCUT2D eigenvalue weighted by Crippen LogP contribution is 2.34. The van der Waals surface area contributed by atoms with Crippen molar-refractivity contribution in [3.63, 3.8) is 0 Å². The fourth-order valence-corrected chi connectivity index (χ4v) is 3.93. The van der Waals surface area contributed by atoms with Crippen molar-refractivity contribution in [2.75, 3.05) is 12.4 Å². The van der Waals surface area contributed by atoms with Crippen LogP contribution < -0.4 is 10.1 Å². The van der Waals surface area contributed by atoms with Crippen LogP contribution in [0.4, 0.5) is 5.69 Å². The first-order chi connectivity index (χ1) is 13.0. The maximum Gasteiger partial charge on any atom is 0.255 e. The third kappa shape index (κ3) is 3.46. The first-order valence-corrected chi connectivity index (χ1v) is 9.24. The van der Waals surface area contributed by atoms with E-state index in [9.17, 15) is 4.79 Å². The van der Waals surface area contributed by atoms with Gasteiger partial charge in [-0.25, -0.2) is 0 Å². The van der Waals surface area contributed by atoms with E-state index in [-0.39, 0.29) is 16.0 Å². The highest BCUT2D eigenvalue weighted by Gasteiger charge is 2.14. The normalized spacial score (nSPS) is 10.9. The smallest absolute Gasteiger partial charge is 0.255 e. The van der Waals surface area contributed by atoms with Gasteiger partial charge in [-0.05, 0) is 36.4 Å². The van der Waals surface area contributed by atoms with Crippen molar-refractivity contribution in [3.8, 4) is 16.3 Å². The Balaban J connectivity index is 1.53. The summed E-state index contributed by atoms with van der Waals surface area (Å²) in [5.74, 6) is 0.0113. The minimum Gasteiger partial charge on any atom is -0.494 e. The lowest BCUT2D eigenvalue weighted by molar-refractivity contribution is 0.102. The van der Waals surface area contributed by atoms with E-state index in [0.717, 1.165) is 15.5 Å². The minimum absolute atomic E-state index is 0.272. The first-order valence-electron chi connectivity index (χ1n) is 7.67. The lowest BCUT2D eigenvalue weighted by Gasteiger charge is -2.09. The number of anilines is 1. The second-order valence-corrected chi connectivity index (χ2v) is 7.24. The Morgan fingerprint density at radius 3 is 2.52 bits per heavy atom. The number of benzene rings is 2. The van der Waals surface area contributed by atoms with Crippen LogP contribution in [0.5, 0.6) is 5.75 Å². The molecule has 0 aliphatic heterocycles. The number of fused-ring (bicyclic) bond motifs is 1. The lowest BCUT2D eigenvalue weighted by Crippen LogP contribution is -2.12. The number of nitrogens with one attached hydrogen (secondary N) is 1. The van der Waals surface area contributed by atoms with Crippen molar-refractivity contribution in [2.45, 2.75) is 0 Å². The molecule has 4 aromatic rings. The second-order valence-electron chi connectivity index (χ2n) is 5.47. The van der Waals surface area contributed by atoms with Crippen LogP contribution in [-0.4, -0.2) is 32.8 Å². The van der Waals surface area contributed by atoms with Gasteiger partial charge < -0.3 is 10.1 Å². The zero-order chi connectivity index (χ0) is 19.0. The standard InChI is InChI=1S/C17H11Cl2N5O2S/c1-26-14-12(18)6-10(7-13(14)19)15(25)21-11-4-2-9(3-5-11)16-23-24-8-20-22-17(24)27-16/h2-8H,1H3,(H,21,25). The largest absolute Gasteiger partial charge is 0.494 e. The molecule has 4 rings (SSSR count). The molecule has 2 aromatic heterocycles. The van der Waals surface area contributed by atoms with Gasteiger partial charge in [-0.2, -0.15) is 9.61 Å². The molecule has 2 aromatic carbocycles. The number of hydrogen-bond acceptors (Lipinski definition) is 6. The number of amides is 1. The van der Waals surface area contributed by atoms with Crippen molar-refractivity contribution in [1.82, 2.24) is 19.8 Å². The van der Waals surface area contributed by atoms with E-state index in [1.165, 1.54) is 30.6 Å². The highest BCUT2D eigenvalue weighted by atomic mass is 35.5. The molecule has 0 saturated heterocycles. The lowest BCUT2D eigenvalue weighted by atomic mass is 10.1. The van der Waals surface area contributed by atoms with Gasteiger partial charge in [-0.3, -0.25) is 4.79 Å². The van der Waals surface area contributed by atoms with Crippen LogP contribution in [0.2, 0.25) is 10.0 Å². The number of hydrogen-bond donors (Lipinski definition) is 1. The zero-order valence-electron chi connectivity index (χ0n) is 13.8. The molecule has 0 spiro atoms. The first kappa shape index (κ1) is 17.7. The predicted octanol–water partition coefficient (Wildman–Crippen LogP) is 4.42. The molecule has 0 saturated carbocycles. The number of carbonyl (C=O) groups is 1. The van der Waals surface area contributed by atoms with Crippen molar-refractivity contribution in [2.24, 2.45) is 0 Å². The summed E-state index contributed by atoms with van der Waals surface area (Å²) < 4.78 is 6.71. The molecule has 0 fully saturated rings. The van der Waals surface area contributed by atoms with E-state index in [1.54, 1.807) is 23.0 Å². The molecule has 1 N–H and O–H groups in total. The maximum atomic E-state index is 12.5. The Kier molecular flexibility index (Phi) is 4.69. The van der Waals surface area contributed by atoms with Crippen LogP contribution in [0.3, 0.4) is 0 Å². The number of ether oxygens (including phenoxy) is 1. The summed E-state index contributed by atoms with van der Waals surface area (Å²) in [7, 11) is 1.46. The number of methoxy groups -OCH3 is 1. The number of carbonyl (C=O) groups excluding carboxylic acids is 1. The topological polar surface area (TPSA) is 81.4 Å². The van der Waals surface area contributed by atoms with Crippen molar-refractivity contribution >= 4 is 51.1 Å². The number of halogens is 2. The van der Waals surface area contributed by atoms with E-state index in [2.05, 4.69) is 20.6 Å². The molecule has 1 amide bonds. The monoisotopic (exact) mass is 419 g/mol. The van der Waals surface area contributed by atoms with Gasteiger partial charge in [-0.1, -0.05) is 34.5 Å². The van der Waals surface area contributed by atoms with Gasteiger partial charge in [0, 0.05) is 16.8 Å². The third-order valence-electron chi connectivity index (χ3n) is 3.74. The fourth-order valence-electron chi connectivity index (χ4n) is 2.46. The van der Waals surface area contributed by atoms with Gasteiger partial charge in [0.25, 0.3) is 5.91 Å². The molecule has 0 aliphatic rings. The fraction of sp³-hybridized carbons (Fsp3) is 0.0588. The molecule has 2 heterocycles. The van der Waals surface area contributed by atoms with Crippen molar-refractivity contribution in [1.29, 1.82) is 0 Å². The van der Waals surface area contributed by atoms with Crippen LogP contribution in [0.15, 0.2) is 42.7 Å². The molecule has 7 nitrogen and oxygen atoms in total. The number of rotatable bonds is 4. The second kappa shape index (κ2) is 7.15. The number of nitrogens with zero attached hydrogens (tertiary/aromatic N) is 4. The summed E-state index contributed by atoms with van der Waals surface area (Å²) in [5.41, 5.74) is 1.89. The molecule has 0 radical (unpaired) electrons. The summed E-state index contributed by atoms with van der Waals surface area (Å²) in [6, 6.07) is 10.3. The van der Waals surface area contributed by atoms with Gasteiger partial charge in [0.2, 0.25) is 4.96 Å². The van der Waals surface area contributed by atoms with Crippen molar-refractivity contribution in [3.05, 3.63) is 58.3 Å². The molecule has 27 heavy (non-hydrogen) atoms. The molecule has 136 valence electrons. The average molecular weight is 420 g/mol. The Labute approximate surface area is 167 Å². The average Bonchev–Trinajstić information content (AvgIpc) is 3.24. The van der Waals surface area contributed by atoms with Crippen LogP contribution >= 0.6 is 34.5 Å². The summed E-state index contributed by atoms with van der Waals surface area (Å²) in [5, 5.41) is 16.3. The summed E-state index contributed by atoms with van der Waals surface area (Å²) in [6.45, 7) is 0. The zero-order valence-corrected chi connectivity index (χ0v) is 16.1. The van der Waals surface area contributed by atoms with E-state index in [1.807, 2.05) is 12.1 Å². The molecule has 0 aliphatic carbocycles. The van der Waals surface area contributed by atoms with E-state index < -0.39 is 0 Å². The van der Waals surface area contributed by atoms with Crippen LogP contribution in [0.25, 0.3) is 15.5 Å². The maximum absolute atomic E-state index is 12.5. The Hall–Kier alpha value is -2.68. The van der Waals surface area contributed by atoms with Gasteiger partial charge in [0.15, 0.2) is 5.75 Å². The summed E-state index contributed by atoms with van der Waals surface area (Å²) >= 11 is 13.6. The SMILES string of the molecule is COc1c(Cl)cc(C(=O)Nc2ccc(-c3nn4cnnc4s3)cc2)cc1Cl.